The molecule has 2 aromatic heterocycles. The van der Waals surface area contributed by atoms with E-state index in [1.807, 2.05) is 19.9 Å². The van der Waals surface area contributed by atoms with Gasteiger partial charge >= 0.3 is 0 Å². The first-order valence-corrected chi connectivity index (χ1v) is 9.94. The predicted octanol–water partition coefficient (Wildman–Crippen LogP) is 2.88. The van der Waals surface area contributed by atoms with Gasteiger partial charge in [-0.15, -0.1) is 11.3 Å². The molecular formula is C19H21FN6OS. The van der Waals surface area contributed by atoms with Crippen molar-refractivity contribution in [2.45, 2.75) is 32.4 Å². The molecule has 0 unspecified atom stereocenters. The number of benzene rings is 1. The number of likely N-dealkylation sites (tertiary alicyclic amines) is 1. The van der Waals surface area contributed by atoms with Gasteiger partial charge in [-0.25, -0.2) is 14.4 Å². The predicted molar refractivity (Wildman–Crippen MR) is 107 cm³/mol. The molecule has 2 atom stereocenters. The summed E-state index contributed by atoms with van der Waals surface area (Å²) in [6.07, 6.45) is 0.781. The van der Waals surface area contributed by atoms with Crippen LogP contribution in [0, 0.1) is 12.7 Å². The lowest BCUT2D eigenvalue weighted by Gasteiger charge is -2.17. The number of amides is 1. The Balaban J connectivity index is 1.68. The van der Waals surface area contributed by atoms with Gasteiger partial charge in [-0.2, -0.15) is 4.98 Å². The second-order valence-corrected chi connectivity index (χ2v) is 8.21. The number of aryl methyl sites for hydroxylation is 1. The first-order valence-electron chi connectivity index (χ1n) is 9.12. The standard InChI is InChI=1S/C19H21FN6OS/c1-10(12-4-3-5-13(20)8-12)22-19-24-15(16-17(25-19)23-11(2)28-16)18(27)26-7-6-14(21)9-26/h3-5,8,10,14H,6-7,9,21H2,1-2H3,(H,22,24,25)/t10-,14+/m0/s1. The molecule has 0 bridgehead atoms. The van der Waals surface area contributed by atoms with Gasteiger partial charge in [-0.3, -0.25) is 4.79 Å². The molecule has 3 aromatic rings. The second kappa shape index (κ2) is 7.40. The highest BCUT2D eigenvalue weighted by molar-refractivity contribution is 7.18. The van der Waals surface area contributed by atoms with Gasteiger partial charge in [0.25, 0.3) is 5.91 Å². The van der Waals surface area contributed by atoms with Gasteiger partial charge in [0.05, 0.1) is 11.0 Å². The van der Waals surface area contributed by atoms with Crippen LogP contribution in [-0.4, -0.2) is 44.9 Å². The molecule has 3 heterocycles. The number of carbonyl (C=O) groups is 1. The van der Waals surface area contributed by atoms with Crippen LogP contribution in [0.3, 0.4) is 0 Å². The largest absolute Gasteiger partial charge is 0.348 e. The Morgan fingerprint density at radius 1 is 1.39 bits per heavy atom. The maximum atomic E-state index is 13.5. The molecule has 1 aliphatic heterocycles. The van der Waals surface area contributed by atoms with Gasteiger partial charge in [0.15, 0.2) is 11.3 Å². The molecule has 4 rings (SSSR count). The van der Waals surface area contributed by atoms with Crippen LogP contribution < -0.4 is 11.1 Å². The molecule has 1 saturated heterocycles. The summed E-state index contributed by atoms with van der Waals surface area (Å²) >= 11 is 1.40. The minimum Gasteiger partial charge on any atom is -0.348 e. The molecule has 0 spiro atoms. The fourth-order valence-corrected chi connectivity index (χ4v) is 4.15. The van der Waals surface area contributed by atoms with Crippen molar-refractivity contribution in [2.24, 2.45) is 5.73 Å². The third-order valence-electron chi connectivity index (χ3n) is 4.77. The molecule has 9 heteroatoms. The van der Waals surface area contributed by atoms with Crippen molar-refractivity contribution < 1.29 is 9.18 Å². The number of hydrogen-bond acceptors (Lipinski definition) is 7. The molecule has 146 valence electrons. The van der Waals surface area contributed by atoms with Crippen LogP contribution in [0.5, 0.6) is 0 Å². The van der Waals surface area contributed by atoms with Crippen LogP contribution >= 0.6 is 11.3 Å². The fourth-order valence-electron chi connectivity index (χ4n) is 3.31. The van der Waals surface area contributed by atoms with Gasteiger partial charge < -0.3 is 16.0 Å². The van der Waals surface area contributed by atoms with Crippen molar-refractivity contribution in [3.8, 4) is 0 Å². The number of nitrogens with one attached hydrogen (secondary N) is 1. The van der Waals surface area contributed by atoms with E-state index in [0.29, 0.717) is 35.1 Å². The van der Waals surface area contributed by atoms with Crippen LogP contribution in [0.25, 0.3) is 10.3 Å². The lowest BCUT2D eigenvalue weighted by atomic mass is 10.1. The number of nitrogens with zero attached hydrogens (tertiary/aromatic N) is 4. The van der Waals surface area contributed by atoms with Crippen molar-refractivity contribution >= 4 is 33.5 Å². The molecule has 0 aliphatic carbocycles. The van der Waals surface area contributed by atoms with Crippen LogP contribution in [0.15, 0.2) is 24.3 Å². The minimum atomic E-state index is -0.307. The van der Waals surface area contributed by atoms with Gasteiger partial charge in [0, 0.05) is 19.1 Å². The van der Waals surface area contributed by atoms with Gasteiger partial charge in [0.2, 0.25) is 5.95 Å². The Morgan fingerprint density at radius 3 is 2.93 bits per heavy atom. The summed E-state index contributed by atoms with van der Waals surface area (Å²) in [6, 6.07) is 6.09. The zero-order valence-electron chi connectivity index (χ0n) is 15.6. The van der Waals surface area contributed by atoms with E-state index in [2.05, 4.69) is 20.3 Å². The summed E-state index contributed by atoms with van der Waals surface area (Å²) in [4.78, 5) is 28.1. The molecule has 7 nitrogen and oxygen atoms in total. The lowest BCUT2D eigenvalue weighted by molar-refractivity contribution is 0.0787. The summed E-state index contributed by atoms with van der Waals surface area (Å²) in [7, 11) is 0. The Bertz CT molecular complexity index is 1040. The Labute approximate surface area is 165 Å². The summed E-state index contributed by atoms with van der Waals surface area (Å²) in [5.41, 5.74) is 7.53. The summed E-state index contributed by atoms with van der Waals surface area (Å²) in [6.45, 7) is 4.89. The highest BCUT2D eigenvalue weighted by atomic mass is 32.1. The monoisotopic (exact) mass is 400 g/mol. The van der Waals surface area contributed by atoms with Gasteiger partial charge in [-0.1, -0.05) is 12.1 Å². The number of rotatable bonds is 4. The maximum Gasteiger partial charge on any atom is 0.274 e. The van der Waals surface area contributed by atoms with Crippen molar-refractivity contribution in [1.82, 2.24) is 19.9 Å². The average molecular weight is 400 g/mol. The molecule has 3 N–H and O–H groups in total. The molecule has 1 fully saturated rings. The molecule has 1 aromatic carbocycles. The summed E-state index contributed by atoms with van der Waals surface area (Å²) in [5, 5.41) is 3.97. The SMILES string of the molecule is Cc1nc2nc(N[C@@H](C)c3cccc(F)c3)nc(C(=O)N3CC[C@@H](N)C3)c2s1. The third kappa shape index (κ3) is 3.67. The number of nitrogens with two attached hydrogens (primary N) is 1. The number of hydrogen-bond donors (Lipinski definition) is 2. The Kier molecular flexibility index (Phi) is 4.94. The average Bonchev–Trinajstić information content (AvgIpc) is 3.25. The van der Waals surface area contributed by atoms with Crippen LogP contribution in [0.4, 0.5) is 10.3 Å². The van der Waals surface area contributed by atoms with E-state index in [1.165, 1.54) is 23.5 Å². The number of aromatic nitrogens is 3. The summed E-state index contributed by atoms with van der Waals surface area (Å²) < 4.78 is 14.2. The topological polar surface area (TPSA) is 97.0 Å². The Hall–Kier alpha value is -2.65. The third-order valence-corrected chi connectivity index (χ3v) is 5.74. The normalized spacial score (nSPS) is 17.9. The van der Waals surface area contributed by atoms with Crippen LogP contribution in [-0.2, 0) is 0 Å². The van der Waals surface area contributed by atoms with Crippen molar-refractivity contribution in [2.75, 3.05) is 18.4 Å². The number of carbonyl (C=O) groups excluding carboxylic acids is 1. The molecule has 1 aliphatic rings. The fraction of sp³-hybridized carbons (Fsp3) is 0.368. The summed E-state index contributed by atoms with van der Waals surface area (Å²) in [5.74, 6) is -0.175. The van der Waals surface area contributed by atoms with E-state index in [0.717, 1.165) is 17.0 Å². The van der Waals surface area contributed by atoms with Crippen molar-refractivity contribution in [1.29, 1.82) is 0 Å². The van der Waals surface area contributed by atoms with E-state index in [4.69, 9.17) is 5.73 Å². The molecule has 0 radical (unpaired) electrons. The molecule has 1 amide bonds. The lowest BCUT2D eigenvalue weighted by Crippen LogP contribution is -2.32. The quantitative estimate of drug-likeness (QED) is 0.699. The first kappa shape index (κ1) is 18.7. The van der Waals surface area contributed by atoms with Gasteiger partial charge in [0.1, 0.15) is 10.5 Å². The van der Waals surface area contributed by atoms with Crippen molar-refractivity contribution in [3.63, 3.8) is 0 Å². The molecule has 28 heavy (non-hydrogen) atoms. The highest BCUT2D eigenvalue weighted by Gasteiger charge is 2.28. The number of halogens is 1. The molecule has 0 saturated carbocycles. The first-order chi connectivity index (χ1) is 13.4. The number of anilines is 1. The number of fused-ring (bicyclic) bond motifs is 1. The number of thiazole rings is 1. The maximum absolute atomic E-state index is 13.5. The molecular weight excluding hydrogens is 379 g/mol. The van der Waals surface area contributed by atoms with E-state index >= 15 is 0 Å². The zero-order valence-corrected chi connectivity index (χ0v) is 16.5. The second-order valence-electron chi connectivity index (χ2n) is 7.00. The minimum absolute atomic E-state index is 0.00457. The van der Waals surface area contributed by atoms with Crippen molar-refractivity contribution in [3.05, 3.63) is 46.3 Å². The van der Waals surface area contributed by atoms with E-state index < -0.39 is 0 Å². The van der Waals surface area contributed by atoms with E-state index in [9.17, 15) is 9.18 Å². The van der Waals surface area contributed by atoms with Gasteiger partial charge in [-0.05, 0) is 38.0 Å². The highest BCUT2D eigenvalue weighted by Crippen LogP contribution is 2.27. The van der Waals surface area contributed by atoms with Crippen LogP contribution in [0.1, 0.15) is 40.4 Å². The smallest absolute Gasteiger partial charge is 0.274 e. The van der Waals surface area contributed by atoms with E-state index in [-0.39, 0.29) is 23.8 Å². The zero-order chi connectivity index (χ0) is 19.8. The van der Waals surface area contributed by atoms with E-state index in [1.54, 1.807) is 11.0 Å². The Morgan fingerprint density at radius 2 is 2.21 bits per heavy atom. The van der Waals surface area contributed by atoms with Crippen LogP contribution in [0.2, 0.25) is 0 Å².